The van der Waals surface area contributed by atoms with E-state index in [4.69, 9.17) is 16.3 Å². The Morgan fingerprint density at radius 3 is 2.45 bits per heavy atom. The molecule has 0 saturated carbocycles. The van der Waals surface area contributed by atoms with Crippen LogP contribution in [0.1, 0.15) is 50.9 Å². The molecule has 0 spiro atoms. The van der Waals surface area contributed by atoms with Crippen LogP contribution in [0.2, 0.25) is 5.02 Å². The number of hydrogen-bond donors (Lipinski definition) is 2. The van der Waals surface area contributed by atoms with Gasteiger partial charge in [-0.15, -0.1) is 0 Å². The molecule has 5 nitrogen and oxygen atoms in total. The Labute approximate surface area is 198 Å². The monoisotopic (exact) mass is 470 g/mol. The highest BCUT2D eigenvalue weighted by molar-refractivity contribution is 6.31. The van der Waals surface area contributed by atoms with Crippen molar-refractivity contribution < 1.29 is 19.0 Å². The third-order valence-corrected chi connectivity index (χ3v) is 5.92. The van der Waals surface area contributed by atoms with Crippen molar-refractivity contribution in [2.75, 3.05) is 0 Å². The predicted octanol–water partition coefficient (Wildman–Crippen LogP) is 6.32. The van der Waals surface area contributed by atoms with Gasteiger partial charge in [0.2, 0.25) is 0 Å². The molecule has 7 heteroatoms. The number of carbonyl (C=O) groups excluding carboxylic acids is 1. The first-order valence-corrected chi connectivity index (χ1v) is 11.1. The highest BCUT2D eigenvalue weighted by Gasteiger charge is 2.29. The average Bonchev–Trinajstić information content (AvgIpc) is 2.79. The quantitative estimate of drug-likeness (QED) is 0.424. The van der Waals surface area contributed by atoms with Crippen LogP contribution in [0.4, 0.5) is 9.18 Å². The van der Waals surface area contributed by atoms with E-state index in [1.807, 2.05) is 51.1 Å². The van der Waals surface area contributed by atoms with Crippen molar-refractivity contribution >= 4 is 17.7 Å². The first-order valence-electron chi connectivity index (χ1n) is 10.7. The van der Waals surface area contributed by atoms with Gasteiger partial charge in [0.25, 0.3) is 0 Å². The lowest BCUT2D eigenvalue weighted by Gasteiger charge is -2.29. The van der Waals surface area contributed by atoms with E-state index in [0.717, 1.165) is 5.56 Å². The van der Waals surface area contributed by atoms with Crippen molar-refractivity contribution in [3.05, 3.63) is 88.3 Å². The molecule has 0 fully saturated rings. The zero-order valence-electron chi connectivity index (χ0n) is 19.2. The second-order valence-electron chi connectivity index (χ2n) is 8.69. The predicted molar refractivity (Wildman–Crippen MR) is 127 cm³/mol. The summed E-state index contributed by atoms with van der Waals surface area (Å²) in [7, 11) is 0. The van der Waals surface area contributed by atoms with Crippen LogP contribution in [0.5, 0.6) is 0 Å². The summed E-state index contributed by atoms with van der Waals surface area (Å²) < 4.78 is 19.1. The number of aromatic nitrogens is 1. The van der Waals surface area contributed by atoms with Gasteiger partial charge in [0.15, 0.2) is 0 Å². The molecule has 1 atom stereocenters. The summed E-state index contributed by atoms with van der Waals surface area (Å²) in [6.07, 6.45) is -0.143. The van der Waals surface area contributed by atoms with E-state index < -0.39 is 23.1 Å². The molecule has 0 aliphatic carbocycles. The number of nitrogens with one attached hydrogen (secondary N) is 1. The summed E-state index contributed by atoms with van der Waals surface area (Å²) in [4.78, 5) is 17.1. The lowest BCUT2D eigenvalue weighted by atomic mass is 9.89. The molecule has 1 amide bonds. The normalized spacial score (nSPS) is 13.3. The number of alkyl carbamates (subject to hydrolysis) is 1. The minimum absolute atomic E-state index is 0.0228. The van der Waals surface area contributed by atoms with Crippen LogP contribution in [0.3, 0.4) is 0 Å². The SMILES string of the molecule is CCC(C)(O)c1cc(C(C)(C)NC(=O)OCc2ccccc2)cc(-c2ccc(F)c(Cl)c2)n1. The van der Waals surface area contributed by atoms with E-state index in [2.05, 4.69) is 10.3 Å². The molecule has 0 bridgehead atoms. The van der Waals surface area contributed by atoms with Gasteiger partial charge in [0, 0.05) is 5.56 Å². The van der Waals surface area contributed by atoms with Gasteiger partial charge in [-0.1, -0.05) is 48.9 Å². The number of amides is 1. The second kappa shape index (κ2) is 9.89. The lowest BCUT2D eigenvalue weighted by molar-refractivity contribution is 0.0484. The van der Waals surface area contributed by atoms with Crippen molar-refractivity contribution in [3.63, 3.8) is 0 Å². The fourth-order valence-corrected chi connectivity index (χ4v) is 3.42. The van der Waals surface area contributed by atoms with E-state index >= 15 is 0 Å². The van der Waals surface area contributed by atoms with Gasteiger partial charge in [0.05, 0.1) is 21.9 Å². The lowest BCUT2D eigenvalue weighted by Crippen LogP contribution is -2.41. The molecule has 174 valence electrons. The van der Waals surface area contributed by atoms with Crippen LogP contribution < -0.4 is 5.32 Å². The number of carbonyl (C=O) groups is 1. The fourth-order valence-electron chi connectivity index (χ4n) is 3.24. The van der Waals surface area contributed by atoms with Gasteiger partial charge >= 0.3 is 6.09 Å². The highest BCUT2D eigenvalue weighted by Crippen LogP contribution is 2.32. The second-order valence-corrected chi connectivity index (χ2v) is 9.10. The van der Waals surface area contributed by atoms with Crippen molar-refractivity contribution in [3.8, 4) is 11.3 Å². The minimum Gasteiger partial charge on any atom is -0.445 e. The topological polar surface area (TPSA) is 71.5 Å². The maximum atomic E-state index is 13.7. The zero-order valence-corrected chi connectivity index (χ0v) is 19.9. The van der Waals surface area contributed by atoms with E-state index in [1.165, 1.54) is 12.1 Å². The maximum absolute atomic E-state index is 13.7. The Morgan fingerprint density at radius 2 is 1.82 bits per heavy atom. The molecule has 1 heterocycles. The molecule has 0 radical (unpaired) electrons. The molecule has 2 N–H and O–H groups in total. The van der Waals surface area contributed by atoms with Crippen LogP contribution in [0.15, 0.2) is 60.7 Å². The standard InChI is InChI=1S/C26H28ClFN2O3/c1-5-26(4,32)23-15-19(14-22(29-23)18-11-12-21(28)20(27)13-18)25(2,3)30-24(31)33-16-17-9-7-6-8-10-17/h6-15,32H,5,16H2,1-4H3,(H,30,31). The minimum atomic E-state index is -1.20. The Hall–Kier alpha value is -2.96. The van der Waals surface area contributed by atoms with Gasteiger partial charge in [0.1, 0.15) is 18.0 Å². The molecule has 3 aromatic rings. The van der Waals surface area contributed by atoms with Crippen molar-refractivity contribution in [2.24, 2.45) is 0 Å². The van der Waals surface area contributed by atoms with E-state index in [1.54, 1.807) is 25.1 Å². The molecule has 1 unspecified atom stereocenters. The van der Waals surface area contributed by atoms with Gasteiger partial charge in [-0.2, -0.15) is 0 Å². The summed E-state index contributed by atoms with van der Waals surface area (Å²) in [6, 6.07) is 17.3. The van der Waals surface area contributed by atoms with E-state index in [0.29, 0.717) is 28.9 Å². The first-order chi connectivity index (χ1) is 15.5. The number of benzene rings is 2. The fraction of sp³-hybridized carbons (Fsp3) is 0.308. The van der Waals surface area contributed by atoms with E-state index in [9.17, 15) is 14.3 Å². The first kappa shape index (κ1) is 24.7. The number of halogens is 2. The Morgan fingerprint density at radius 1 is 1.12 bits per heavy atom. The highest BCUT2D eigenvalue weighted by atomic mass is 35.5. The number of pyridine rings is 1. The molecule has 0 aliphatic rings. The number of hydrogen-bond acceptors (Lipinski definition) is 4. The molecular weight excluding hydrogens is 443 g/mol. The van der Waals surface area contributed by atoms with Crippen molar-refractivity contribution in [1.82, 2.24) is 10.3 Å². The molecule has 2 aromatic carbocycles. The molecule has 33 heavy (non-hydrogen) atoms. The summed E-state index contributed by atoms with van der Waals surface area (Å²) in [5, 5.41) is 13.7. The van der Waals surface area contributed by atoms with E-state index in [-0.39, 0.29) is 11.6 Å². The largest absolute Gasteiger partial charge is 0.445 e. The van der Waals surface area contributed by atoms with Crippen LogP contribution in [-0.2, 0) is 22.5 Å². The van der Waals surface area contributed by atoms with Gasteiger partial charge in [-0.3, -0.25) is 0 Å². The average molecular weight is 471 g/mol. The summed E-state index contributed by atoms with van der Waals surface area (Å²) in [5.74, 6) is -0.527. The molecule has 0 aliphatic heterocycles. The molecular formula is C26H28ClFN2O3. The summed E-state index contributed by atoms with van der Waals surface area (Å²) >= 11 is 5.98. The number of aliphatic hydroxyl groups is 1. The maximum Gasteiger partial charge on any atom is 0.408 e. The number of rotatable bonds is 7. The molecule has 1 aromatic heterocycles. The third-order valence-electron chi connectivity index (χ3n) is 5.63. The van der Waals surface area contributed by atoms with Crippen LogP contribution in [0, 0.1) is 5.82 Å². The summed E-state index contributed by atoms with van der Waals surface area (Å²) in [5.41, 5.74) is 1.07. The van der Waals surface area contributed by atoms with Crippen molar-refractivity contribution in [2.45, 2.75) is 51.9 Å². The smallest absolute Gasteiger partial charge is 0.408 e. The number of ether oxygens (including phenoxy) is 1. The Balaban J connectivity index is 1.92. The van der Waals surface area contributed by atoms with Gasteiger partial charge < -0.3 is 15.2 Å². The summed E-state index contributed by atoms with van der Waals surface area (Å²) in [6.45, 7) is 7.34. The van der Waals surface area contributed by atoms with Gasteiger partial charge in [-0.25, -0.2) is 14.2 Å². The van der Waals surface area contributed by atoms with Crippen molar-refractivity contribution in [1.29, 1.82) is 0 Å². The van der Waals surface area contributed by atoms with Crippen LogP contribution in [0.25, 0.3) is 11.3 Å². The Bertz CT molecular complexity index is 1130. The van der Waals surface area contributed by atoms with Gasteiger partial charge in [-0.05, 0) is 68.7 Å². The van der Waals surface area contributed by atoms with Crippen LogP contribution >= 0.6 is 11.6 Å². The molecule has 3 rings (SSSR count). The third kappa shape index (κ3) is 6.09. The Kier molecular flexibility index (Phi) is 7.40. The zero-order chi connectivity index (χ0) is 24.2. The molecule has 0 saturated heterocycles. The van der Waals surface area contributed by atoms with Crippen LogP contribution in [-0.4, -0.2) is 16.2 Å². The number of nitrogens with zero attached hydrogens (tertiary/aromatic N) is 1.